The Labute approximate surface area is 126 Å². The van der Waals surface area contributed by atoms with Gasteiger partial charge in [-0.2, -0.15) is 0 Å². The number of halogens is 1. The molecule has 1 rings (SSSR count). The van der Waals surface area contributed by atoms with Gasteiger partial charge in [-0.05, 0) is 46.2 Å². The highest BCUT2D eigenvalue weighted by Gasteiger charge is 2.17. The standard InChI is InChI=1S/C15H23ClN4/c1-7-17-11(4)8-9-20(10(2)3)14-12(5)13(6)18-15(16)19-14/h7,10H,4,8-9H2,1-3,5-6H3. The van der Waals surface area contributed by atoms with Crippen molar-refractivity contribution in [2.45, 2.75) is 47.1 Å². The lowest BCUT2D eigenvalue weighted by molar-refractivity contribution is 0.662. The van der Waals surface area contributed by atoms with E-state index in [0.717, 1.165) is 35.7 Å². The minimum atomic E-state index is 0.291. The van der Waals surface area contributed by atoms with E-state index in [1.165, 1.54) is 0 Å². The van der Waals surface area contributed by atoms with Crippen LogP contribution >= 0.6 is 11.6 Å². The summed E-state index contributed by atoms with van der Waals surface area (Å²) in [6, 6.07) is 0.317. The van der Waals surface area contributed by atoms with Crippen LogP contribution in [-0.2, 0) is 0 Å². The van der Waals surface area contributed by atoms with Crippen molar-refractivity contribution in [3.63, 3.8) is 0 Å². The van der Waals surface area contributed by atoms with E-state index in [0.29, 0.717) is 11.3 Å². The molecule has 1 aromatic rings. The van der Waals surface area contributed by atoms with Gasteiger partial charge in [0.1, 0.15) is 5.82 Å². The highest BCUT2D eigenvalue weighted by atomic mass is 35.5. The molecule has 0 radical (unpaired) electrons. The number of anilines is 1. The molecule has 0 amide bonds. The van der Waals surface area contributed by atoms with Crippen molar-refractivity contribution >= 4 is 23.6 Å². The van der Waals surface area contributed by atoms with Crippen molar-refractivity contribution < 1.29 is 0 Å². The fourth-order valence-corrected chi connectivity index (χ4v) is 2.17. The third-order valence-corrected chi connectivity index (χ3v) is 3.35. The number of rotatable bonds is 6. The van der Waals surface area contributed by atoms with Crippen molar-refractivity contribution in [1.29, 1.82) is 0 Å². The number of aliphatic imine (C=N–C) groups is 1. The Morgan fingerprint density at radius 3 is 2.60 bits per heavy atom. The predicted octanol–water partition coefficient (Wildman–Crippen LogP) is 3.96. The smallest absolute Gasteiger partial charge is 0.224 e. The molecule has 20 heavy (non-hydrogen) atoms. The lowest BCUT2D eigenvalue weighted by Gasteiger charge is -2.29. The molecule has 0 bridgehead atoms. The van der Waals surface area contributed by atoms with Crippen LogP contribution in [0.1, 0.15) is 38.4 Å². The Morgan fingerprint density at radius 1 is 1.40 bits per heavy atom. The van der Waals surface area contributed by atoms with E-state index < -0.39 is 0 Å². The van der Waals surface area contributed by atoms with Gasteiger partial charge in [-0.25, -0.2) is 9.97 Å². The maximum Gasteiger partial charge on any atom is 0.224 e. The topological polar surface area (TPSA) is 41.4 Å². The van der Waals surface area contributed by atoms with Gasteiger partial charge in [0, 0.05) is 42.2 Å². The molecule has 0 unspecified atom stereocenters. The first-order valence-electron chi connectivity index (χ1n) is 6.80. The van der Waals surface area contributed by atoms with Crippen LogP contribution in [0.2, 0.25) is 5.28 Å². The Kier molecular flexibility index (Phi) is 6.14. The average molecular weight is 295 g/mol. The summed E-state index contributed by atoms with van der Waals surface area (Å²) in [4.78, 5) is 15.0. The summed E-state index contributed by atoms with van der Waals surface area (Å²) in [5, 5.41) is 0.291. The highest BCUT2D eigenvalue weighted by molar-refractivity contribution is 6.28. The Hall–Kier alpha value is -1.42. The second-order valence-electron chi connectivity index (χ2n) is 5.02. The first-order chi connectivity index (χ1) is 9.36. The van der Waals surface area contributed by atoms with Gasteiger partial charge >= 0.3 is 0 Å². The molecular formula is C15H23ClN4. The molecular weight excluding hydrogens is 272 g/mol. The molecule has 0 saturated heterocycles. The second-order valence-corrected chi connectivity index (χ2v) is 5.36. The van der Waals surface area contributed by atoms with Gasteiger partial charge in [0.15, 0.2) is 0 Å². The van der Waals surface area contributed by atoms with E-state index in [-0.39, 0.29) is 0 Å². The maximum atomic E-state index is 5.99. The lowest BCUT2D eigenvalue weighted by atomic mass is 10.2. The largest absolute Gasteiger partial charge is 0.353 e. The lowest BCUT2D eigenvalue weighted by Crippen LogP contribution is -2.33. The zero-order valence-electron chi connectivity index (χ0n) is 12.9. The summed E-state index contributed by atoms with van der Waals surface area (Å²) in [5.41, 5.74) is 2.84. The molecule has 0 fully saturated rings. The molecule has 1 aromatic heterocycles. The van der Waals surface area contributed by atoms with Gasteiger partial charge in [0.05, 0.1) is 0 Å². The normalized spacial score (nSPS) is 11.3. The van der Waals surface area contributed by atoms with E-state index in [2.05, 4.69) is 40.3 Å². The molecule has 5 heteroatoms. The molecule has 0 aromatic carbocycles. The number of hydrogen-bond acceptors (Lipinski definition) is 4. The monoisotopic (exact) mass is 294 g/mol. The fourth-order valence-electron chi connectivity index (χ4n) is 1.97. The maximum absolute atomic E-state index is 5.99. The first kappa shape index (κ1) is 16.6. The molecule has 4 nitrogen and oxygen atoms in total. The molecule has 110 valence electrons. The fraction of sp³-hybridized carbons (Fsp3) is 0.533. The Morgan fingerprint density at radius 2 is 2.05 bits per heavy atom. The van der Waals surface area contributed by atoms with Crippen molar-refractivity contribution in [3.8, 4) is 0 Å². The SMILES string of the molecule is C=C(CCN(c1nc(Cl)nc(C)c1C)C(C)C)N=CC. The molecule has 0 spiro atoms. The van der Waals surface area contributed by atoms with Crippen molar-refractivity contribution in [2.24, 2.45) is 4.99 Å². The summed E-state index contributed by atoms with van der Waals surface area (Å²) in [6.45, 7) is 14.9. The van der Waals surface area contributed by atoms with Gasteiger partial charge in [-0.1, -0.05) is 6.58 Å². The van der Waals surface area contributed by atoms with Crippen LogP contribution < -0.4 is 4.90 Å². The van der Waals surface area contributed by atoms with E-state index in [1.54, 1.807) is 6.21 Å². The van der Waals surface area contributed by atoms with Crippen molar-refractivity contribution in [2.75, 3.05) is 11.4 Å². The molecule has 0 aliphatic carbocycles. The number of aryl methyl sites for hydroxylation is 1. The van der Waals surface area contributed by atoms with Crippen LogP contribution in [-0.4, -0.2) is 28.8 Å². The Bertz CT molecular complexity index is 509. The van der Waals surface area contributed by atoms with Crippen LogP contribution in [0.15, 0.2) is 17.3 Å². The minimum absolute atomic E-state index is 0.291. The average Bonchev–Trinajstić information content (AvgIpc) is 2.35. The van der Waals surface area contributed by atoms with E-state index in [1.807, 2.05) is 20.8 Å². The first-order valence-corrected chi connectivity index (χ1v) is 7.18. The summed E-state index contributed by atoms with van der Waals surface area (Å²) in [5.74, 6) is 0.894. The molecule has 1 heterocycles. The molecule has 0 atom stereocenters. The molecule has 0 aliphatic heterocycles. The number of aromatic nitrogens is 2. The summed E-state index contributed by atoms with van der Waals surface area (Å²) < 4.78 is 0. The third kappa shape index (κ3) is 4.30. The van der Waals surface area contributed by atoms with Crippen LogP contribution in [0.3, 0.4) is 0 Å². The van der Waals surface area contributed by atoms with Crippen LogP contribution in [0.4, 0.5) is 5.82 Å². The van der Waals surface area contributed by atoms with Crippen molar-refractivity contribution in [3.05, 3.63) is 28.8 Å². The molecule has 0 aliphatic rings. The summed E-state index contributed by atoms with van der Waals surface area (Å²) >= 11 is 5.99. The van der Waals surface area contributed by atoms with Gasteiger partial charge in [0.2, 0.25) is 5.28 Å². The zero-order valence-corrected chi connectivity index (χ0v) is 13.7. The van der Waals surface area contributed by atoms with Crippen LogP contribution in [0, 0.1) is 13.8 Å². The quantitative estimate of drug-likeness (QED) is 0.589. The van der Waals surface area contributed by atoms with Crippen LogP contribution in [0.25, 0.3) is 0 Å². The predicted molar refractivity (Wildman–Crippen MR) is 86.9 cm³/mol. The van der Waals surface area contributed by atoms with Gasteiger partial charge in [0.25, 0.3) is 0 Å². The number of hydrogen-bond donors (Lipinski definition) is 0. The number of nitrogens with zero attached hydrogens (tertiary/aromatic N) is 4. The minimum Gasteiger partial charge on any atom is -0.353 e. The van der Waals surface area contributed by atoms with Crippen LogP contribution in [0.5, 0.6) is 0 Å². The van der Waals surface area contributed by atoms with Gasteiger partial charge < -0.3 is 4.90 Å². The van der Waals surface area contributed by atoms with E-state index >= 15 is 0 Å². The van der Waals surface area contributed by atoms with Gasteiger partial charge in [-0.15, -0.1) is 0 Å². The summed E-state index contributed by atoms with van der Waals surface area (Å²) in [7, 11) is 0. The Balaban J connectivity index is 3.00. The van der Waals surface area contributed by atoms with E-state index in [9.17, 15) is 0 Å². The molecule has 0 saturated carbocycles. The molecule has 0 N–H and O–H groups in total. The van der Waals surface area contributed by atoms with Crippen molar-refractivity contribution in [1.82, 2.24) is 9.97 Å². The highest BCUT2D eigenvalue weighted by Crippen LogP contribution is 2.24. The zero-order chi connectivity index (χ0) is 15.3. The van der Waals surface area contributed by atoms with Gasteiger partial charge in [-0.3, -0.25) is 4.99 Å². The summed E-state index contributed by atoms with van der Waals surface area (Å²) in [6.07, 6.45) is 2.56. The second kappa shape index (κ2) is 7.39. The van der Waals surface area contributed by atoms with E-state index in [4.69, 9.17) is 11.6 Å². The third-order valence-electron chi connectivity index (χ3n) is 3.18.